The average Bonchev–Trinajstić information content (AvgIpc) is 2.11. The van der Waals surface area contributed by atoms with Gasteiger partial charge in [-0.05, 0) is 25.2 Å². The SMILES string of the molecule is CCCC(COC(C)C(C)C)CS(N)(=O)=O. The van der Waals surface area contributed by atoms with Crippen molar-refractivity contribution < 1.29 is 13.2 Å². The lowest BCUT2D eigenvalue weighted by Crippen LogP contribution is -2.28. The molecule has 0 aliphatic rings. The molecule has 0 aromatic rings. The van der Waals surface area contributed by atoms with Crippen molar-refractivity contribution in [3.63, 3.8) is 0 Å². The third-order valence-electron chi connectivity index (χ3n) is 2.70. The molecule has 0 saturated carbocycles. The number of ether oxygens (including phenoxy) is 1. The quantitative estimate of drug-likeness (QED) is 0.714. The lowest BCUT2D eigenvalue weighted by Gasteiger charge is -2.21. The molecule has 98 valence electrons. The summed E-state index contributed by atoms with van der Waals surface area (Å²) in [5, 5.41) is 5.05. The number of primary sulfonamides is 1. The van der Waals surface area contributed by atoms with E-state index in [1.807, 2.05) is 13.8 Å². The Morgan fingerprint density at radius 2 is 1.81 bits per heavy atom. The molecule has 2 unspecified atom stereocenters. The summed E-state index contributed by atoms with van der Waals surface area (Å²) in [5.41, 5.74) is 0. The van der Waals surface area contributed by atoms with Crippen LogP contribution in [0.15, 0.2) is 0 Å². The Morgan fingerprint density at radius 1 is 1.25 bits per heavy atom. The Morgan fingerprint density at radius 3 is 2.19 bits per heavy atom. The van der Waals surface area contributed by atoms with Crippen LogP contribution in [0.4, 0.5) is 0 Å². The van der Waals surface area contributed by atoms with Crippen molar-refractivity contribution in [1.29, 1.82) is 0 Å². The van der Waals surface area contributed by atoms with Crippen LogP contribution in [0.25, 0.3) is 0 Å². The summed E-state index contributed by atoms with van der Waals surface area (Å²) < 4.78 is 27.7. The molecule has 2 atom stereocenters. The number of hydrogen-bond acceptors (Lipinski definition) is 3. The van der Waals surface area contributed by atoms with Gasteiger partial charge < -0.3 is 4.74 Å². The van der Waals surface area contributed by atoms with Crippen LogP contribution in [-0.2, 0) is 14.8 Å². The third kappa shape index (κ3) is 8.07. The summed E-state index contributed by atoms with van der Waals surface area (Å²) >= 11 is 0. The van der Waals surface area contributed by atoms with Crippen molar-refractivity contribution in [2.45, 2.75) is 46.6 Å². The second kappa shape index (κ2) is 7.25. The van der Waals surface area contributed by atoms with Crippen molar-refractivity contribution in [3.8, 4) is 0 Å². The summed E-state index contributed by atoms with van der Waals surface area (Å²) in [6.07, 6.45) is 1.93. The molecule has 0 rings (SSSR count). The first kappa shape index (κ1) is 15.9. The van der Waals surface area contributed by atoms with Crippen LogP contribution < -0.4 is 5.14 Å². The Labute approximate surface area is 99.6 Å². The van der Waals surface area contributed by atoms with Crippen LogP contribution in [0.3, 0.4) is 0 Å². The highest BCUT2D eigenvalue weighted by Gasteiger charge is 2.17. The van der Waals surface area contributed by atoms with E-state index in [9.17, 15) is 8.42 Å². The van der Waals surface area contributed by atoms with Crippen molar-refractivity contribution in [2.75, 3.05) is 12.4 Å². The molecule has 0 amide bonds. The molecule has 5 heteroatoms. The van der Waals surface area contributed by atoms with Gasteiger partial charge in [-0.15, -0.1) is 0 Å². The second-order valence-corrected chi connectivity index (χ2v) is 6.43. The van der Waals surface area contributed by atoms with Gasteiger partial charge in [-0.2, -0.15) is 0 Å². The molecule has 0 saturated heterocycles. The zero-order valence-corrected chi connectivity index (χ0v) is 11.6. The molecule has 4 nitrogen and oxygen atoms in total. The maximum Gasteiger partial charge on any atom is 0.209 e. The highest BCUT2D eigenvalue weighted by atomic mass is 32.2. The van der Waals surface area contributed by atoms with Crippen molar-refractivity contribution in [3.05, 3.63) is 0 Å². The molecule has 2 N–H and O–H groups in total. The Kier molecular flexibility index (Phi) is 7.19. The van der Waals surface area contributed by atoms with Gasteiger partial charge in [0.05, 0.1) is 18.5 Å². The number of hydrogen-bond donors (Lipinski definition) is 1. The van der Waals surface area contributed by atoms with Crippen LogP contribution in [0, 0.1) is 11.8 Å². The van der Waals surface area contributed by atoms with Crippen LogP contribution in [0.5, 0.6) is 0 Å². The predicted octanol–water partition coefficient (Wildman–Crippen LogP) is 1.75. The van der Waals surface area contributed by atoms with Gasteiger partial charge in [0.15, 0.2) is 0 Å². The fourth-order valence-corrected chi connectivity index (χ4v) is 2.35. The second-order valence-electron chi connectivity index (χ2n) is 4.77. The first-order valence-corrected chi connectivity index (χ1v) is 7.59. The van der Waals surface area contributed by atoms with E-state index in [2.05, 4.69) is 13.8 Å². The molecule has 0 aliphatic carbocycles. The first-order chi connectivity index (χ1) is 7.26. The highest BCUT2D eigenvalue weighted by Crippen LogP contribution is 2.13. The topological polar surface area (TPSA) is 69.4 Å². The van der Waals surface area contributed by atoms with Crippen LogP contribution >= 0.6 is 0 Å². The highest BCUT2D eigenvalue weighted by molar-refractivity contribution is 7.89. The Balaban J connectivity index is 4.14. The van der Waals surface area contributed by atoms with Crippen molar-refractivity contribution in [1.82, 2.24) is 0 Å². The van der Waals surface area contributed by atoms with E-state index in [-0.39, 0.29) is 17.8 Å². The number of rotatable bonds is 8. The normalized spacial score (nSPS) is 16.4. The van der Waals surface area contributed by atoms with E-state index < -0.39 is 10.0 Å². The van der Waals surface area contributed by atoms with Gasteiger partial charge in [0.25, 0.3) is 0 Å². The molecule has 0 aromatic heterocycles. The summed E-state index contributed by atoms with van der Waals surface area (Å²) in [6.45, 7) is 8.68. The van der Waals surface area contributed by atoms with Gasteiger partial charge in [-0.3, -0.25) is 0 Å². The van der Waals surface area contributed by atoms with E-state index in [1.54, 1.807) is 0 Å². The molecular formula is C11H25NO3S. The van der Waals surface area contributed by atoms with Crippen molar-refractivity contribution in [2.24, 2.45) is 17.0 Å². The van der Waals surface area contributed by atoms with E-state index in [1.165, 1.54) is 0 Å². The number of sulfonamides is 1. The number of nitrogens with two attached hydrogens (primary N) is 1. The molecule has 0 aromatic carbocycles. The van der Waals surface area contributed by atoms with Crippen LogP contribution in [-0.4, -0.2) is 26.9 Å². The molecular weight excluding hydrogens is 226 g/mol. The fourth-order valence-electron chi connectivity index (χ4n) is 1.43. The first-order valence-electron chi connectivity index (χ1n) is 5.88. The predicted molar refractivity (Wildman–Crippen MR) is 66.6 cm³/mol. The Hall–Kier alpha value is -0.130. The van der Waals surface area contributed by atoms with Crippen molar-refractivity contribution >= 4 is 10.0 Å². The van der Waals surface area contributed by atoms with E-state index in [0.717, 1.165) is 12.8 Å². The molecule has 0 radical (unpaired) electrons. The van der Waals surface area contributed by atoms with Crippen LogP contribution in [0.2, 0.25) is 0 Å². The maximum atomic E-state index is 11.0. The van der Waals surface area contributed by atoms with Gasteiger partial charge in [0, 0.05) is 0 Å². The molecule has 0 spiro atoms. The molecule has 0 aliphatic heterocycles. The minimum absolute atomic E-state index is 0.0150. The summed E-state index contributed by atoms with van der Waals surface area (Å²) in [7, 11) is -3.39. The molecule has 0 heterocycles. The van der Waals surface area contributed by atoms with Gasteiger partial charge in [-0.25, -0.2) is 13.6 Å². The minimum atomic E-state index is -3.39. The lowest BCUT2D eigenvalue weighted by atomic mass is 10.1. The summed E-state index contributed by atoms with van der Waals surface area (Å²) in [5.74, 6) is 0.476. The van der Waals surface area contributed by atoms with Crippen LogP contribution in [0.1, 0.15) is 40.5 Å². The molecule has 0 bridgehead atoms. The van der Waals surface area contributed by atoms with Gasteiger partial charge in [0.1, 0.15) is 0 Å². The van der Waals surface area contributed by atoms with Gasteiger partial charge in [-0.1, -0.05) is 27.2 Å². The largest absolute Gasteiger partial charge is 0.378 e. The van der Waals surface area contributed by atoms with E-state index >= 15 is 0 Å². The smallest absolute Gasteiger partial charge is 0.209 e. The minimum Gasteiger partial charge on any atom is -0.378 e. The zero-order chi connectivity index (χ0) is 12.8. The third-order valence-corrected chi connectivity index (χ3v) is 3.63. The zero-order valence-electron chi connectivity index (χ0n) is 10.8. The van der Waals surface area contributed by atoms with E-state index in [0.29, 0.717) is 12.5 Å². The maximum absolute atomic E-state index is 11.0. The molecule has 0 fully saturated rings. The standard InChI is InChI=1S/C11H25NO3S/c1-5-6-11(8-16(12,13)14)7-15-10(4)9(2)3/h9-11H,5-8H2,1-4H3,(H2,12,13,14). The Bertz CT molecular complexity index is 275. The monoisotopic (exact) mass is 251 g/mol. The van der Waals surface area contributed by atoms with Gasteiger partial charge in [0.2, 0.25) is 10.0 Å². The summed E-state index contributed by atoms with van der Waals surface area (Å²) in [6, 6.07) is 0. The average molecular weight is 251 g/mol. The lowest BCUT2D eigenvalue weighted by molar-refractivity contribution is 0.0159. The fraction of sp³-hybridized carbons (Fsp3) is 1.00. The van der Waals surface area contributed by atoms with Gasteiger partial charge >= 0.3 is 0 Å². The van der Waals surface area contributed by atoms with E-state index in [4.69, 9.17) is 9.88 Å². The molecule has 16 heavy (non-hydrogen) atoms. The summed E-state index contributed by atoms with van der Waals surface area (Å²) in [4.78, 5) is 0.